The summed E-state index contributed by atoms with van der Waals surface area (Å²) in [6.45, 7) is 4.59. The average Bonchev–Trinajstić information content (AvgIpc) is 3.23. The molecule has 0 rings (SSSR count). The largest absolute Gasteiger partial charge is 0.472 e. The predicted octanol–water partition coefficient (Wildman–Crippen LogP) is 14.5. The maximum atomic E-state index is 12.7. The minimum Gasteiger partial charge on any atom is -0.391 e. The van der Waals surface area contributed by atoms with Crippen LogP contribution in [0.2, 0.25) is 0 Å². The molecule has 3 atom stereocenters. The summed E-state index contributed by atoms with van der Waals surface area (Å²) in [5.41, 5.74) is 0. The Morgan fingerprint density at radius 2 is 0.968 bits per heavy atom. The molecule has 0 spiro atoms. The average molecular weight is 888 g/mol. The number of unbranched alkanes of at least 4 members (excludes halogenated alkanes) is 17. The molecule has 8 nitrogen and oxygen atoms in total. The summed E-state index contributed by atoms with van der Waals surface area (Å²) in [7, 11) is 1.60. The van der Waals surface area contributed by atoms with Crippen LogP contribution in [0, 0.1) is 0 Å². The summed E-state index contributed by atoms with van der Waals surface area (Å²) in [4.78, 5) is 22.9. The van der Waals surface area contributed by atoms with Gasteiger partial charge in [-0.05, 0) is 70.6 Å². The van der Waals surface area contributed by atoms with Crippen molar-refractivity contribution in [2.75, 3.05) is 40.9 Å². The molecule has 0 saturated carbocycles. The van der Waals surface area contributed by atoms with E-state index in [1.54, 1.807) is 0 Å². The molecule has 1 amide bonds. The molecule has 0 aromatic rings. The standard InChI is InChI=1S/C53H95N2O6P/c1-6-8-10-11-12-13-14-15-16-17-18-19-20-21-22-23-24-25-26-27-28-29-30-31-32-33-34-35-36-37-38-39-40-41-42-43-45-47-53(57)54-51(52(56)46-44-9-7-2)50-61-62(58,59)60-49-48-55(3,4)5/h8,10,12-13,15-16,18-19,21-22,24-25,27-28,51-52,56H,6-7,9,11,14,17,20,23,26,29-50H2,1-5H3,(H-,54,57,58,59)/p+1/b10-8-,13-12-,16-15-,19-18-,22-21-,25-24-,28-27-. The first-order valence-corrected chi connectivity index (χ1v) is 26.4. The first-order valence-electron chi connectivity index (χ1n) is 25.0. The van der Waals surface area contributed by atoms with Crippen molar-refractivity contribution in [2.45, 2.75) is 206 Å². The molecular weight excluding hydrogens is 792 g/mol. The molecule has 358 valence electrons. The zero-order chi connectivity index (χ0) is 45.7. The lowest BCUT2D eigenvalue weighted by atomic mass is 10.0. The van der Waals surface area contributed by atoms with Gasteiger partial charge in [0.2, 0.25) is 5.91 Å². The van der Waals surface area contributed by atoms with Crippen LogP contribution in [0.4, 0.5) is 0 Å². The normalized spacial score (nSPS) is 14.9. The summed E-state index contributed by atoms with van der Waals surface area (Å²) in [6, 6.07) is -0.759. The van der Waals surface area contributed by atoms with Crippen molar-refractivity contribution in [3.8, 4) is 0 Å². The van der Waals surface area contributed by atoms with Crippen molar-refractivity contribution in [1.82, 2.24) is 5.32 Å². The quantitative estimate of drug-likeness (QED) is 0.0244. The molecule has 0 fully saturated rings. The van der Waals surface area contributed by atoms with Crippen molar-refractivity contribution >= 4 is 13.7 Å². The second-order valence-corrected chi connectivity index (χ2v) is 19.3. The number of hydrogen-bond acceptors (Lipinski definition) is 5. The van der Waals surface area contributed by atoms with E-state index in [1.807, 2.05) is 21.1 Å². The van der Waals surface area contributed by atoms with Gasteiger partial charge in [0.1, 0.15) is 13.2 Å². The van der Waals surface area contributed by atoms with Gasteiger partial charge in [0, 0.05) is 6.42 Å². The summed E-state index contributed by atoms with van der Waals surface area (Å²) in [5.74, 6) is -0.160. The molecule has 0 aromatic carbocycles. The van der Waals surface area contributed by atoms with Crippen LogP contribution in [-0.4, -0.2) is 73.4 Å². The number of rotatable bonds is 44. The number of allylic oxidation sites excluding steroid dienone is 14. The molecule has 9 heteroatoms. The molecular formula is C53H96N2O6P+. The Balaban J connectivity index is 3.77. The Labute approximate surface area is 382 Å². The maximum Gasteiger partial charge on any atom is 0.472 e. The van der Waals surface area contributed by atoms with Crippen LogP contribution in [0.15, 0.2) is 85.1 Å². The molecule has 0 saturated heterocycles. The van der Waals surface area contributed by atoms with E-state index in [9.17, 15) is 19.4 Å². The Morgan fingerprint density at radius 1 is 0.565 bits per heavy atom. The lowest BCUT2D eigenvalue weighted by Crippen LogP contribution is -2.46. The molecule has 0 aromatic heterocycles. The zero-order valence-corrected chi connectivity index (χ0v) is 41.5. The summed E-state index contributed by atoms with van der Waals surface area (Å²) >= 11 is 0. The highest BCUT2D eigenvalue weighted by Crippen LogP contribution is 2.43. The van der Waals surface area contributed by atoms with Gasteiger partial charge in [-0.25, -0.2) is 4.57 Å². The number of amides is 1. The number of aliphatic hydroxyl groups is 1. The summed E-state index contributed by atoms with van der Waals surface area (Å²) in [6.07, 6.45) is 61.6. The Hall–Kier alpha value is -2.32. The Kier molecular flexibility index (Phi) is 42.3. The minimum absolute atomic E-state index is 0.0704. The first kappa shape index (κ1) is 59.7. The number of hydrogen-bond donors (Lipinski definition) is 3. The lowest BCUT2D eigenvalue weighted by molar-refractivity contribution is -0.870. The minimum atomic E-state index is -4.29. The number of carbonyl (C=O) groups excluding carboxylic acids is 1. The highest BCUT2D eigenvalue weighted by atomic mass is 31.2. The fourth-order valence-electron chi connectivity index (χ4n) is 6.73. The topological polar surface area (TPSA) is 105 Å². The molecule has 0 aliphatic rings. The number of likely N-dealkylation sites (N-methyl/N-ethyl adjacent to an activating group) is 1. The van der Waals surface area contributed by atoms with Crippen molar-refractivity contribution in [2.24, 2.45) is 0 Å². The first-order chi connectivity index (χ1) is 30.0. The second-order valence-electron chi connectivity index (χ2n) is 17.8. The van der Waals surface area contributed by atoms with Gasteiger partial charge < -0.3 is 19.8 Å². The highest BCUT2D eigenvalue weighted by molar-refractivity contribution is 7.47. The number of quaternary nitrogens is 1. The van der Waals surface area contributed by atoms with Gasteiger partial charge in [-0.15, -0.1) is 0 Å². The predicted molar refractivity (Wildman–Crippen MR) is 267 cm³/mol. The molecule has 0 heterocycles. The zero-order valence-electron chi connectivity index (χ0n) is 40.6. The summed E-state index contributed by atoms with van der Waals surface area (Å²) < 4.78 is 23.3. The molecule has 0 aliphatic heterocycles. The van der Waals surface area contributed by atoms with Gasteiger partial charge in [-0.1, -0.05) is 202 Å². The fourth-order valence-corrected chi connectivity index (χ4v) is 7.47. The van der Waals surface area contributed by atoms with Crippen LogP contribution in [0.3, 0.4) is 0 Å². The highest BCUT2D eigenvalue weighted by Gasteiger charge is 2.28. The smallest absolute Gasteiger partial charge is 0.391 e. The third kappa shape index (κ3) is 45.7. The van der Waals surface area contributed by atoms with E-state index in [1.165, 1.54) is 83.5 Å². The van der Waals surface area contributed by atoms with Crippen LogP contribution >= 0.6 is 7.82 Å². The SMILES string of the molecule is CC/C=C\C/C=C\C/C=C\C/C=C\C/C=C\C/C=C\C/C=C\CCCCCCCCCCCCCCCCCC(=O)NC(COP(=O)(O)OCC[N+](C)(C)C)C(O)CCCCC. The Bertz CT molecular complexity index is 1280. The van der Waals surface area contributed by atoms with E-state index < -0.39 is 20.0 Å². The van der Waals surface area contributed by atoms with Gasteiger partial charge in [-0.2, -0.15) is 0 Å². The number of nitrogens with one attached hydrogen (secondary N) is 1. The Morgan fingerprint density at radius 3 is 1.39 bits per heavy atom. The maximum absolute atomic E-state index is 12.7. The van der Waals surface area contributed by atoms with Gasteiger partial charge in [0.25, 0.3) is 0 Å². The lowest BCUT2D eigenvalue weighted by Gasteiger charge is -2.26. The molecule has 0 bridgehead atoms. The van der Waals surface area contributed by atoms with Crippen LogP contribution in [0.1, 0.15) is 194 Å². The van der Waals surface area contributed by atoms with Crippen LogP contribution in [-0.2, 0) is 18.4 Å². The monoisotopic (exact) mass is 888 g/mol. The van der Waals surface area contributed by atoms with Gasteiger partial charge in [0.05, 0.1) is 39.9 Å². The molecule has 3 N–H and O–H groups in total. The van der Waals surface area contributed by atoms with Crippen LogP contribution in [0.5, 0.6) is 0 Å². The number of phosphoric ester groups is 1. The van der Waals surface area contributed by atoms with E-state index in [2.05, 4.69) is 104 Å². The van der Waals surface area contributed by atoms with Crippen molar-refractivity contribution in [1.29, 1.82) is 0 Å². The van der Waals surface area contributed by atoms with E-state index in [4.69, 9.17) is 9.05 Å². The van der Waals surface area contributed by atoms with E-state index in [-0.39, 0.29) is 19.1 Å². The molecule has 0 radical (unpaired) electrons. The third-order valence-corrected chi connectivity index (χ3v) is 11.6. The van der Waals surface area contributed by atoms with Crippen molar-refractivity contribution in [3.05, 3.63) is 85.1 Å². The van der Waals surface area contributed by atoms with E-state index in [0.717, 1.165) is 83.5 Å². The number of aliphatic hydroxyl groups excluding tert-OH is 1. The van der Waals surface area contributed by atoms with Crippen LogP contribution in [0.25, 0.3) is 0 Å². The molecule has 62 heavy (non-hydrogen) atoms. The van der Waals surface area contributed by atoms with Gasteiger partial charge >= 0.3 is 7.82 Å². The summed E-state index contributed by atoms with van der Waals surface area (Å²) in [5, 5.41) is 13.6. The molecule has 3 unspecified atom stereocenters. The number of carbonyl (C=O) groups is 1. The van der Waals surface area contributed by atoms with Gasteiger partial charge in [0.15, 0.2) is 0 Å². The third-order valence-electron chi connectivity index (χ3n) is 10.7. The molecule has 0 aliphatic carbocycles. The van der Waals surface area contributed by atoms with Crippen molar-refractivity contribution < 1.29 is 32.9 Å². The van der Waals surface area contributed by atoms with E-state index >= 15 is 0 Å². The van der Waals surface area contributed by atoms with Crippen molar-refractivity contribution in [3.63, 3.8) is 0 Å². The second kappa shape index (κ2) is 43.9. The van der Waals surface area contributed by atoms with Crippen LogP contribution < -0.4 is 5.32 Å². The number of nitrogens with zero attached hydrogens (tertiary/aromatic N) is 1. The van der Waals surface area contributed by atoms with Gasteiger partial charge in [-0.3, -0.25) is 13.8 Å². The fraction of sp³-hybridized carbons (Fsp3) is 0.717. The number of phosphoric acid groups is 1. The van der Waals surface area contributed by atoms with E-state index in [0.29, 0.717) is 23.9 Å².